The van der Waals surface area contributed by atoms with E-state index in [9.17, 15) is 9.59 Å². The van der Waals surface area contributed by atoms with Crippen LogP contribution < -0.4 is 4.74 Å². The zero-order valence-electron chi connectivity index (χ0n) is 12.7. The second-order valence-electron chi connectivity index (χ2n) is 5.44. The van der Waals surface area contributed by atoms with Crippen LogP contribution in [0.2, 0.25) is 0 Å². The van der Waals surface area contributed by atoms with Crippen molar-refractivity contribution in [2.75, 3.05) is 13.2 Å². The van der Waals surface area contributed by atoms with Gasteiger partial charge in [0.1, 0.15) is 5.75 Å². The van der Waals surface area contributed by atoms with E-state index < -0.39 is 0 Å². The topological polar surface area (TPSA) is 46.6 Å². The zero-order chi connectivity index (χ0) is 16.4. The molecule has 2 aromatic carbocycles. The Hall–Kier alpha value is -2.14. The van der Waals surface area contributed by atoms with Crippen molar-refractivity contribution < 1.29 is 14.3 Å². The molecule has 2 aromatic rings. The van der Waals surface area contributed by atoms with E-state index in [1.807, 2.05) is 25.1 Å². The summed E-state index contributed by atoms with van der Waals surface area (Å²) >= 11 is 3.46. The van der Waals surface area contributed by atoms with Gasteiger partial charge in [-0.05, 0) is 59.1 Å². The SMILES string of the molecule is Cc1ccc(OCCCN2C(=O)c3ccccc3C2=O)c(Br)c1. The summed E-state index contributed by atoms with van der Waals surface area (Å²) in [6.07, 6.45) is 0.589. The molecule has 0 saturated heterocycles. The molecular formula is C18H16BrNO3. The van der Waals surface area contributed by atoms with Crippen molar-refractivity contribution in [2.45, 2.75) is 13.3 Å². The fraction of sp³-hybridized carbons (Fsp3) is 0.222. The first-order valence-electron chi connectivity index (χ1n) is 7.42. The van der Waals surface area contributed by atoms with Crippen molar-refractivity contribution >= 4 is 27.7 Å². The van der Waals surface area contributed by atoms with Gasteiger partial charge in [0.05, 0.1) is 22.2 Å². The Morgan fingerprint density at radius 2 is 1.70 bits per heavy atom. The molecule has 1 heterocycles. The monoisotopic (exact) mass is 373 g/mol. The number of hydrogen-bond donors (Lipinski definition) is 0. The molecule has 2 amide bonds. The van der Waals surface area contributed by atoms with Gasteiger partial charge in [-0.1, -0.05) is 18.2 Å². The molecule has 0 aromatic heterocycles. The molecule has 4 nitrogen and oxygen atoms in total. The number of carbonyl (C=O) groups excluding carboxylic acids is 2. The average molecular weight is 374 g/mol. The molecule has 118 valence electrons. The van der Waals surface area contributed by atoms with Gasteiger partial charge in [-0.15, -0.1) is 0 Å². The van der Waals surface area contributed by atoms with E-state index in [4.69, 9.17) is 4.74 Å². The maximum Gasteiger partial charge on any atom is 0.261 e. The van der Waals surface area contributed by atoms with E-state index in [-0.39, 0.29) is 11.8 Å². The van der Waals surface area contributed by atoms with E-state index in [1.165, 1.54) is 4.90 Å². The van der Waals surface area contributed by atoms with Gasteiger partial charge in [-0.25, -0.2) is 0 Å². The maximum absolute atomic E-state index is 12.2. The highest BCUT2D eigenvalue weighted by Gasteiger charge is 2.34. The highest BCUT2D eigenvalue weighted by atomic mass is 79.9. The Bertz CT molecular complexity index is 738. The molecule has 1 aliphatic rings. The van der Waals surface area contributed by atoms with Gasteiger partial charge in [0, 0.05) is 6.54 Å². The Labute approximate surface area is 143 Å². The summed E-state index contributed by atoms with van der Waals surface area (Å²) in [5, 5.41) is 0. The van der Waals surface area contributed by atoms with E-state index in [0.29, 0.717) is 30.7 Å². The minimum absolute atomic E-state index is 0.220. The summed E-state index contributed by atoms with van der Waals surface area (Å²) in [6.45, 7) is 2.81. The molecule has 3 rings (SSSR count). The fourth-order valence-electron chi connectivity index (χ4n) is 2.57. The highest BCUT2D eigenvalue weighted by Crippen LogP contribution is 2.26. The van der Waals surface area contributed by atoms with Crippen LogP contribution in [-0.4, -0.2) is 29.9 Å². The summed E-state index contributed by atoms with van der Waals surface area (Å²) in [5.74, 6) is 0.321. The lowest BCUT2D eigenvalue weighted by atomic mass is 10.1. The smallest absolute Gasteiger partial charge is 0.261 e. The number of rotatable bonds is 5. The van der Waals surface area contributed by atoms with Crippen LogP contribution in [0.5, 0.6) is 5.75 Å². The largest absolute Gasteiger partial charge is 0.492 e. The predicted octanol–water partition coefficient (Wildman–Crippen LogP) is 3.82. The number of nitrogens with zero attached hydrogens (tertiary/aromatic N) is 1. The third-order valence-electron chi connectivity index (χ3n) is 3.75. The van der Waals surface area contributed by atoms with Crippen LogP contribution in [0.25, 0.3) is 0 Å². The van der Waals surface area contributed by atoms with Gasteiger partial charge in [-0.2, -0.15) is 0 Å². The van der Waals surface area contributed by atoms with E-state index in [2.05, 4.69) is 15.9 Å². The van der Waals surface area contributed by atoms with Crippen molar-refractivity contribution in [1.82, 2.24) is 4.90 Å². The van der Waals surface area contributed by atoms with Crippen LogP contribution in [-0.2, 0) is 0 Å². The Morgan fingerprint density at radius 3 is 2.30 bits per heavy atom. The molecule has 5 heteroatoms. The molecule has 1 aliphatic heterocycles. The van der Waals surface area contributed by atoms with E-state index in [1.54, 1.807) is 24.3 Å². The number of imide groups is 1. The van der Waals surface area contributed by atoms with Crippen LogP contribution in [0.1, 0.15) is 32.7 Å². The molecule has 0 spiro atoms. The zero-order valence-corrected chi connectivity index (χ0v) is 14.3. The molecule has 0 radical (unpaired) electrons. The van der Waals surface area contributed by atoms with Crippen LogP contribution in [0.15, 0.2) is 46.9 Å². The quantitative estimate of drug-likeness (QED) is 0.591. The van der Waals surface area contributed by atoms with Gasteiger partial charge in [-0.3, -0.25) is 14.5 Å². The lowest BCUT2D eigenvalue weighted by Crippen LogP contribution is -2.31. The number of halogens is 1. The van der Waals surface area contributed by atoms with Gasteiger partial charge in [0.25, 0.3) is 11.8 Å². The molecule has 0 saturated carbocycles. The second-order valence-corrected chi connectivity index (χ2v) is 6.30. The number of amides is 2. The Kier molecular flexibility index (Phi) is 4.48. The minimum Gasteiger partial charge on any atom is -0.492 e. The van der Waals surface area contributed by atoms with Crippen LogP contribution in [0, 0.1) is 6.92 Å². The highest BCUT2D eigenvalue weighted by molar-refractivity contribution is 9.10. The third-order valence-corrected chi connectivity index (χ3v) is 4.37. The first-order chi connectivity index (χ1) is 11.1. The van der Waals surface area contributed by atoms with Crippen LogP contribution in [0.4, 0.5) is 0 Å². The predicted molar refractivity (Wildman–Crippen MR) is 90.8 cm³/mol. The summed E-state index contributed by atoms with van der Waals surface area (Å²) in [7, 11) is 0. The molecule has 0 atom stereocenters. The van der Waals surface area contributed by atoms with Crippen molar-refractivity contribution in [1.29, 1.82) is 0 Å². The van der Waals surface area contributed by atoms with Crippen molar-refractivity contribution in [3.05, 3.63) is 63.6 Å². The molecule has 0 aliphatic carbocycles. The standard InChI is InChI=1S/C18H16BrNO3/c1-12-7-8-16(15(19)11-12)23-10-4-9-20-17(21)13-5-2-3-6-14(13)18(20)22/h2-3,5-8,11H,4,9-10H2,1H3. The van der Waals surface area contributed by atoms with Crippen LogP contribution in [0.3, 0.4) is 0 Å². The second kappa shape index (κ2) is 6.54. The summed E-state index contributed by atoms with van der Waals surface area (Å²) in [6, 6.07) is 12.8. The molecule has 0 bridgehead atoms. The third kappa shape index (κ3) is 3.15. The lowest BCUT2D eigenvalue weighted by Gasteiger charge is -2.14. The maximum atomic E-state index is 12.2. The fourth-order valence-corrected chi connectivity index (χ4v) is 3.18. The lowest BCUT2D eigenvalue weighted by molar-refractivity contribution is 0.0646. The molecule has 23 heavy (non-hydrogen) atoms. The van der Waals surface area contributed by atoms with Crippen LogP contribution >= 0.6 is 15.9 Å². The van der Waals surface area contributed by atoms with Gasteiger partial charge >= 0.3 is 0 Å². The Balaban J connectivity index is 1.56. The number of aryl methyl sites for hydroxylation is 1. The average Bonchev–Trinajstić information content (AvgIpc) is 2.78. The number of fused-ring (bicyclic) bond motifs is 1. The number of ether oxygens (including phenoxy) is 1. The number of carbonyl (C=O) groups is 2. The summed E-state index contributed by atoms with van der Waals surface area (Å²) in [5.41, 5.74) is 2.12. The summed E-state index contributed by atoms with van der Waals surface area (Å²) in [4.78, 5) is 25.7. The first kappa shape index (κ1) is 15.7. The van der Waals surface area contributed by atoms with E-state index >= 15 is 0 Å². The Morgan fingerprint density at radius 1 is 1.04 bits per heavy atom. The molecular weight excluding hydrogens is 358 g/mol. The molecule has 0 unspecified atom stereocenters. The van der Waals surface area contributed by atoms with Gasteiger partial charge in [0.2, 0.25) is 0 Å². The molecule has 0 fully saturated rings. The van der Waals surface area contributed by atoms with Crippen molar-refractivity contribution in [2.24, 2.45) is 0 Å². The first-order valence-corrected chi connectivity index (χ1v) is 8.21. The minimum atomic E-state index is -0.220. The normalized spacial score (nSPS) is 13.4. The van der Waals surface area contributed by atoms with Gasteiger partial charge < -0.3 is 4.74 Å². The summed E-state index contributed by atoms with van der Waals surface area (Å²) < 4.78 is 6.60. The van der Waals surface area contributed by atoms with Crippen molar-refractivity contribution in [3.8, 4) is 5.75 Å². The van der Waals surface area contributed by atoms with Gasteiger partial charge in [0.15, 0.2) is 0 Å². The number of hydrogen-bond acceptors (Lipinski definition) is 3. The van der Waals surface area contributed by atoms with Crippen molar-refractivity contribution in [3.63, 3.8) is 0 Å². The molecule has 0 N–H and O–H groups in total. The number of benzene rings is 2. The van der Waals surface area contributed by atoms with E-state index in [0.717, 1.165) is 15.8 Å².